The van der Waals surface area contributed by atoms with E-state index >= 15 is 0 Å². The van der Waals surface area contributed by atoms with Gasteiger partial charge in [-0.1, -0.05) is 0 Å². The van der Waals surface area contributed by atoms with Gasteiger partial charge in [-0.2, -0.15) is 0 Å². The number of rotatable bonds is 3. The topological polar surface area (TPSA) is 74.8 Å². The number of hydrogen-bond acceptors (Lipinski definition) is 5. The number of aromatic nitrogens is 1. The third-order valence-corrected chi connectivity index (χ3v) is 3.79. The van der Waals surface area contributed by atoms with E-state index in [4.69, 9.17) is 4.74 Å². The number of pyridine rings is 1. The molecule has 0 spiro atoms. The van der Waals surface area contributed by atoms with Gasteiger partial charge >= 0.3 is 6.09 Å². The Kier molecular flexibility index (Phi) is 3.64. The third kappa shape index (κ3) is 2.63. The molecule has 2 saturated heterocycles. The standard InChI is InChI=1S/C14H18N4O3/c1-2-15-13(19)10-3-4-12(16-7-10)17-5-6-18-11(8-17)9-21-14(18)20/h3-4,7,11H,2,5-6,8-9H2,1H3,(H,15,19). The van der Waals surface area contributed by atoms with E-state index in [1.165, 1.54) is 0 Å². The van der Waals surface area contributed by atoms with E-state index in [9.17, 15) is 9.59 Å². The molecule has 2 fully saturated rings. The molecule has 3 heterocycles. The minimum atomic E-state index is -0.223. The first kappa shape index (κ1) is 13.7. The smallest absolute Gasteiger partial charge is 0.410 e. The second kappa shape index (κ2) is 5.59. The average Bonchev–Trinajstić information content (AvgIpc) is 2.88. The summed E-state index contributed by atoms with van der Waals surface area (Å²) in [6.45, 7) is 4.98. The number of carbonyl (C=O) groups is 2. The number of fused-ring (bicyclic) bond motifs is 1. The molecule has 1 aromatic rings. The van der Waals surface area contributed by atoms with Crippen molar-refractivity contribution in [2.24, 2.45) is 0 Å². The minimum Gasteiger partial charge on any atom is -0.447 e. The van der Waals surface area contributed by atoms with E-state index in [0.29, 0.717) is 31.8 Å². The summed E-state index contributed by atoms with van der Waals surface area (Å²) < 4.78 is 5.05. The highest BCUT2D eigenvalue weighted by Gasteiger charge is 2.37. The van der Waals surface area contributed by atoms with Crippen LogP contribution in [0.3, 0.4) is 0 Å². The number of cyclic esters (lactones) is 1. The quantitative estimate of drug-likeness (QED) is 0.876. The summed E-state index contributed by atoms with van der Waals surface area (Å²) in [6, 6.07) is 3.71. The van der Waals surface area contributed by atoms with Gasteiger partial charge in [0.2, 0.25) is 0 Å². The normalized spacial score (nSPS) is 21.0. The lowest BCUT2D eigenvalue weighted by atomic mass is 10.2. The Morgan fingerprint density at radius 2 is 2.33 bits per heavy atom. The summed E-state index contributed by atoms with van der Waals surface area (Å²) in [5.74, 6) is 0.707. The van der Waals surface area contributed by atoms with Gasteiger partial charge in [0.15, 0.2) is 0 Å². The van der Waals surface area contributed by atoms with E-state index in [0.717, 1.165) is 12.4 Å². The Morgan fingerprint density at radius 3 is 3.05 bits per heavy atom. The van der Waals surface area contributed by atoms with Gasteiger partial charge in [0.1, 0.15) is 12.4 Å². The van der Waals surface area contributed by atoms with Gasteiger partial charge in [-0.3, -0.25) is 9.69 Å². The molecule has 2 aliphatic rings. The van der Waals surface area contributed by atoms with Crippen molar-refractivity contribution in [1.29, 1.82) is 0 Å². The predicted molar refractivity (Wildman–Crippen MR) is 76.3 cm³/mol. The van der Waals surface area contributed by atoms with E-state index in [1.807, 2.05) is 13.0 Å². The van der Waals surface area contributed by atoms with Crippen molar-refractivity contribution in [2.75, 3.05) is 37.7 Å². The summed E-state index contributed by atoms with van der Waals surface area (Å²) in [4.78, 5) is 31.4. The molecule has 0 bridgehead atoms. The van der Waals surface area contributed by atoms with Gasteiger partial charge in [-0.15, -0.1) is 0 Å². The second-order valence-corrected chi connectivity index (χ2v) is 5.13. The molecular weight excluding hydrogens is 272 g/mol. The van der Waals surface area contributed by atoms with Gasteiger partial charge in [0, 0.05) is 32.4 Å². The number of nitrogens with zero attached hydrogens (tertiary/aromatic N) is 3. The Bertz CT molecular complexity index is 546. The van der Waals surface area contributed by atoms with Crippen LogP contribution in [0, 0.1) is 0 Å². The molecule has 21 heavy (non-hydrogen) atoms. The molecule has 1 aromatic heterocycles. The van der Waals surface area contributed by atoms with Crippen LogP contribution in [0.2, 0.25) is 0 Å². The zero-order chi connectivity index (χ0) is 14.8. The van der Waals surface area contributed by atoms with Crippen molar-refractivity contribution >= 4 is 17.8 Å². The molecule has 0 saturated carbocycles. The fourth-order valence-corrected chi connectivity index (χ4v) is 2.67. The first-order valence-corrected chi connectivity index (χ1v) is 7.11. The summed E-state index contributed by atoms with van der Waals surface area (Å²) >= 11 is 0. The van der Waals surface area contributed by atoms with Crippen molar-refractivity contribution in [1.82, 2.24) is 15.2 Å². The van der Waals surface area contributed by atoms with Crippen LogP contribution in [0.5, 0.6) is 0 Å². The second-order valence-electron chi connectivity index (χ2n) is 5.13. The monoisotopic (exact) mass is 290 g/mol. The molecule has 0 radical (unpaired) electrons. The minimum absolute atomic E-state index is 0.0936. The molecule has 3 rings (SSSR count). The van der Waals surface area contributed by atoms with Crippen molar-refractivity contribution in [3.8, 4) is 0 Å². The molecule has 7 heteroatoms. The Hall–Kier alpha value is -2.31. The first-order valence-electron chi connectivity index (χ1n) is 7.11. The van der Waals surface area contributed by atoms with Crippen LogP contribution in [0.4, 0.5) is 10.6 Å². The highest BCUT2D eigenvalue weighted by atomic mass is 16.6. The molecule has 112 valence electrons. The SMILES string of the molecule is CCNC(=O)c1ccc(N2CCN3C(=O)OCC3C2)nc1. The molecule has 7 nitrogen and oxygen atoms in total. The Morgan fingerprint density at radius 1 is 1.48 bits per heavy atom. The molecule has 2 aliphatic heterocycles. The summed E-state index contributed by atoms with van der Waals surface area (Å²) in [5.41, 5.74) is 0.554. The number of ether oxygens (including phenoxy) is 1. The number of amides is 2. The van der Waals surface area contributed by atoms with E-state index in [-0.39, 0.29) is 18.0 Å². The zero-order valence-electron chi connectivity index (χ0n) is 11.9. The lowest BCUT2D eigenvalue weighted by molar-refractivity contribution is 0.0955. The highest BCUT2D eigenvalue weighted by molar-refractivity contribution is 5.94. The van der Waals surface area contributed by atoms with Crippen molar-refractivity contribution in [3.63, 3.8) is 0 Å². The average molecular weight is 290 g/mol. The molecule has 0 aromatic carbocycles. The Balaban J connectivity index is 1.68. The van der Waals surface area contributed by atoms with Crippen molar-refractivity contribution in [3.05, 3.63) is 23.9 Å². The van der Waals surface area contributed by atoms with Gasteiger partial charge in [0.25, 0.3) is 5.91 Å². The van der Waals surface area contributed by atoms with Crippen LogP contribution >= 0.6 is 0 Å². The Labute approximate surface area is 122 Å². The maximum atomic E-state index is 11.7. The third-order valence-electron chi connectivity index (χ3n) is 3.79. The van der Waals surface area contributed by atoms with Crippen LogP contribution in [-0.2, 0) is 4.74 Å². The fraction of sp³-hybridized carbons (Fsp3) is 0.500. The van der Waals surface area contributed by atoms with Gasteiger partial charge in [0.05, 0.1) is 11.6 Å². The van der Waals surface area contributed by atoms with Crippen LogP contribution in [0.15, 0.2) is 18.3 Å². The lowest BCUT2D eigenvalue weighted by Crippen LogP contribution is -2.52. The number of anilines is 1. The molecule has 1 atom stereocenters. The molecule has 2 amide bonds. The van der Waals surface area contributed by atoms with E-state index in [2.05, 4.69) is 15.2 Å². The molecular formula is C14H18N4O3. The van der Waals surface area contributed by atoms with Crippen molar-refractivity contribution < 1.29 is 14.3 Å². The summed E-state index contributed by atoms with van der Waals surface area (Å²) in [7, 11) is 0. The number of carbonyl (C=O) groups excluding carboxylic acids is 2. The molecule has 0 aliphatic carbocycles. The van der Waals surface area contributed by atoms with Crippen LogP contribution in [0.25, 0.3) is 0 Å². The predicted octanol–water partition coefficient (Wildman–Crippen LogP) is 0.472. The van der Waals surface area contributed by atoms with Crippen LogP contribution < -0.4 is 10.2 Å². The fourth-order valence-electron chi connectivity index (χ4n) is 2.67. The lowest BCUT2D eigenvalue weighted by Gasteiger charge is -2.36. The largest absolute Gasteiger partial charge is 0.447 e. The van der Waals surface area contributed by atoms with Gasteiger partial charge < -0.3 is 15.0 Å². The maximum Gasteiger partial charge on any atom is 0.410 e. The number of piperazine rings is 1. The number of nitrogens with one attached hydrogen (secondary N) is 1. The van der Waals surface area contributed by atoms with E-state index < -0.39 is 0 Å². The highest BCUT2D eigenvalue weighted by Crippen LogP contribution is 2.21. The van der Waals surface area contributed by atoms with Crippen LogP contribution in [0.1, 0.15) is 17.3 Å². The maximum absolute atomic E-state index is 11.7. The van der Waals surface area contributed by atoms with Crippen molar-refractivity contribution in [2.45, 2.75) is 13.0 Å². The van der Waals surface area contributed by atoms with Crippen LogP contribution in [-0.4, -0.2) is 60.7 Å². The van der Waals surface area contributed by atoms with Gasteiger partial charge in [-0.25, -0.2) is 9.78 Å². The zero-order valence-corrected chi connectivity index (χ0v) is 11.9. The summed E-state index contributed by atoms with van der Waals surface area (Å²) in [6.07, 6.45) is 1.36. The molecule has 1 N–H and O–H groups in total. The van der Waals surface area contributed by atoms with E-state index in [1.54, 1.807) is 17.2 Å². The first-order chi connectivity index (χ1) is 10.2. The number of hydrogen-bond donors (Lipinski definition) is 1. The van der Waals surface area contributed by atoms with Gasteiger partial charge in [-0.05, 0) is 19.1 Å². The molecule has 1 unspecified atom stereocenters. The summed E-state index contributed by atoms with van der Waals surface area (Å²) in [5, 5.41) is 2.74.